The summed E-state index contributed by atoms with van der Waals surface area (Å²) in [6.45, 7) is 11.0. The minimum atomic E-state index is 0.254. The Morgan fingerprint density at radius 1 is 1.24 bits per heavy atom. The first-order valence-corrected chi connectivity index (χ1v) is 7.62. The van der Waals surface area contributed by atoms with Crippen molar-refractivity contribution in [2.45, 2.75) is 46.5 Å². The molecule has 6 heteroatoms. The fraction of sp³-hybridized carbons (Fsp3) is 0.733. The maximum absolute atomic E-state index is 5.57. The van der Waals surface area contributed by atoms with E-state index < -0.39 is 0 Å². The van der Waals surface area contributed by atoms with Crippen molar-refractivity contribution in [1.82, 2.24) is 9.97 Å². The van der Waals surface area contributed by atoms with Gasteiger partial charge in [0.15, 0.2) is 0 Å². The zero-order chi connectivity index (χ0) is 15.5. The van der Waals surface area contributed by atoms with E-state index in [-0.39, 0.29) is 11.3 Å². The minimum absolute atomic E-state index is 0.254. The van der Waals surface area contributed by atoms with Gasteiger partial charge in [-0.1, -0.05) is 20.8 Å². The number of rotatable bonds is 5. The molecule has 1 fully saturated rings. The summed E-state index contributed by atoms with van der Waals surface area (Å²) in [5.41, 5.74) is 3.88. The van der Waals surface area contributed by atoms with Crippen molar-refractivity contribution >= 4 is 11.6 Å². The van der Waals surface area contributed by atoms with Crippen molar-refractivity contribution in [2.75, 3.05) is 30.5 Å². The zero-order valence-corrected chi connectivity index (χ0v) is 13.5. The van der Waals surface area contributed by atoms with E-state index in [1.165, 1.54) is 0 Å². The number of hydrogen-bond donors (Lipinski definition) is 3. The Kier molecular flexibility index (Phi) is 5.00. The summed E-state index contributed by atoms with van der Waals surface area (Å²) in [5.74, 6) is 8.19. The van der Waals surface area contributed by atoms with Crippen molar-refractivity contribution in [2.24, 2.45) is 11.3 Å². The monoisotopic (exact) mass is 293 g/mol. The largest absolute Gasteiger partial charge is 0.381 e. The van der Waals surface area contributed by atoms with E-state index in [9.17, 15) is 0 Å². The van der Waals surface area contributed by atoms with Crippen LogP contribution in [0.2, 0.25) is 0 Å². The fourth-order valence-corrected chi connectivity index (χ4v) is 2.44. The molecule has 1 aliphatic heterocycles. The van der Waals surface area contributed by atoms with Gasteiger partial charge in [0, 0.05) is 31.2 Å². The molecule has 1 aromatic heterocycles. The molecule has 2 rings (SSSR count). The molecule has 0 amide bonds. The van der Waals surface area contributed by atoms with Gasteiger partial charge in [-0.2, -0.15) is 0 Å². The van der Waals surface area contributed by atoms with Crippen molar-refractivity contribution in [3.05, 3.63) is 11.4 Å². The van der Waals surface area contributed by atoms with Gasteiger partial charge >= 0.3 is 0 Å². The van der Waals surface area contributed by atoms with E-state index in [0.29, 0.717) is 5.82 Å². The number of hydrazine groups is 1. The minimum Gasteiger partial charge on any atom is -0.381 e. The molecular weight excluding hydrogens is 266 g/mol. The first-order chi connectivity index (χ1) is 9.95. The van der Waals surface area contributed by atoms with E-state index in [1.54, 1.807) is 0 Å². The van der Waals surface area contributed by atoms with Gasteiger partial charge in [-0.15, -0.1) is 0 Å². The van der Waals surface area contributed by atoms with Crippen LogP contribution in [-0.2, 0) is 4.74 Å². The van der Waals surface area contributed by atoms with Gasteiger partial charge in [0.25, 0.3) is 0 Å². The van der Waals surface area contributed by atoms with Crippen LogP contribution in [0.15, 0.2) is 0 Å². The summed E-state index contributed by atoms with van der Waals surface area (Å²) in [4.78, 5) is 9.10. The normalized spacial score (nSPS) is 17.8. The third kappa shape index (κ3) is 3.83. The lowest BCUT2D eigenvalue weighted by Crippen LogP contribution is -2.33. The highest BCUT2D eigenvalue weighted by Gasteiger charge is 2.27. The van der Waals surface area contributed by atoms with Gasteiger partial charge in [0.1, 0.15) is 17.5 Å². The highest BCUT2D eigenvalue weighted by Crippen LogP contribution is 2.31. The maximum atomic E-state index is 5.57. The molecule has 0 atom stereocenters. The SMILES string of the molecule is Cc1c(NN)nc(C(C)C)nc1NCC1(C)CCOCC1. The van der Waals surface area contributed by atoms with E-state index in [1.807, 2.05) is 6.92 Å². The van der Waals surface area contributed by atoms with Crippen molar-refractivity contribution in [1.29, 1.82) is 0 Å². The molecule has 1 aliphatic rings. The Morgan fingerprint density at radius 2 is 1.86 bits per heavy atom. The Hall–Kier alpha value is -1.40. The number of nitrogen functional groups attached to an aromatic ring is 1. The van der Waals surface area contributed by atoms with Gasteiger partial charge < -0.3 is 15.5 Å². The van der Waals surface area contributed by atoms with Crippen LogP contribution in [0.25, 0.3) is 0 Å². The summed E-state index contributed by atoms with van der Waals surface area (Å²) in [7, 11) is 0. The number of nitrogens with one attached hydrogen (secondary N) is 2. The van der Waals surface area contributed by atoms with Crippen LogP contribution in [0.4, 0.5) is 11.6 Å². The van der Waals surface area contributed by atoms with Crippen molar-refractivity contribution in [3.63, 3.8) is 0 Å². The Morgan fingerprint density at radius 3 is 2.43 bits per heavy atom. The second-order valence-electron chi connectivity index (χ2n) is 6.48. The van der Waals surface area contributed by atoms with Gasteiger partial charge in [-0.05, 0) is 25.2 Å². The molecule has 1 aromatic rings. The summed E-state index contributed by atoms with van der Waals surface area (Å²) < 4.78 is 5.45. The predicted octanol–water partition coefficient (Wildman–Crippen LogP) is 2.42. The number of nitrogens with zero attached hydrogens (tertiary/aromatic N) is 2. The summed E-state index contributed by atoms with van der Waals surface area (Å²) in [6, 6.07) is 0. The quantitative estimate of drug-likeness (QED) is 0.571. The number of hydrogen-bond acceptors (Lipinski definition) is 6. The lowest BCUT2D eigenvalue weighted by Gasteiger charge is -2.34. The van der Waals surface area contributed by atoms with E-state index in [4.69, 9.17) is 10.6 Å². The van der Waals surface area contributed by atoms with Crippen LogP contribution < -0.4 is 16.6 Å². The molecule has 0 bridgehead atoms. The molecular formula is C15H27N5O. The molecule has 4 N–H and O–H groups in total. The molecule has 0 spiro atoms. The molecule has 0 radical (unpaired) electrons. The third-order valence-corrected chi connectivity index (χ3v) is 4.20. The van der Waals surface area contributed by atoms with Crippen LogP contribution in [0.3, 0.4) is 0 Å². The first kappa shape index (κ1) is 16.0. The average Bonchev–Trinajstić information content (AvgIpc) is 2.46. The van der Waals surface area contributed by atoms with Crippen LogP contribution in [-0.4, -0.2) is 29.7 Å². The molecule has 0 aliphatic carbocycles. The fourth-order valence-electron chi connectivity index (χ4n) is 2.44. The molecule has 1 saturated heterocycles. The van der Waals surface area contributed by atoms with Crippen molar-refractivity contribution in [3.8, 4) is 0 Å². The number of ether oxygens (including phenoxy) is 1. The Balaban J connectivity index is 2.16. The number of aromatic nitrogens is 2. The van der Waals surface area contributed by atoms with Gasteiger partial charge in [-0.25, -0.2) is 15.8 Å². The number of anilines is 2. The molecule has 6 nitrogen and oxygen atoms in total. The van der Waals surface area contributed by atoms with Gasteiger partial charge in [0.05, 0.1) is 0 Å². The molecule has 21 heavy (non-hydrogen) atoms. The molecule has 2 heterocycles. The van der Waals surface area contributed by atoms with Crippen LogP contribution in [0, 0.1) is 12.3 Å². The summed E-state index contributed by atoms with van der Waals surface area (Å²) in [5, 5.41) is 3.49. The molecule has 0 saturated carbocycles. The highest BCUT2D eigenvalue weighted by molar-refractivity contribution is 5.57. The topological polar surface area (TPSA) is 85.1 Å². The smallest absolute Gasteiger partial charge is 0.148 e. The predicted molar refractivity (Wildman–Crippen MR) is 85.3 cm³/mol. The molecule has 0 aromatic carbocycles. The van der Waals surface area contributed by atoms with Gasteiger partial charge in [0.2, 0.25) is 0 Å². The Bertz CT molecular complexity index is 483. The summed E-state index contributed by atoms with van der Waals surface area (Å²) >= 11 is 0. The van der Waals surface area contributed by atoms with Crippen LogP contribution >= 0.6 is 0 Å². The maximum Gasteiger partial charge on any atom is 0.148 e. The van der Waals surface area contributed by atoms with Crippen LogP contribution in [0.5, 0.6) is 0 Å². The number of nitrogens with two attached hydrogens (primary N) is 1. The van der Waals surface area contributed by atoms with E-state index in [2.05, 4.69) is 41.5 Å². The Labute approximate surface area is 126 Å². The second-order valence-corrected chi connectivity index (χ2v) is 6.48. The van der Waals surface area contributed by atoms with Crippen LogP contribution in [0.1, 0.15) is 50.9 Å². The lowest BCUT2D eigenvalue weighted by atomic mass is 9.82. The highest BCUT2D eigenvalue weighted by atomic mass is 16.5. The van der Waals surface area contributed by atoms with E-state index in [0.717, 1.165) is 49.8 Å². The molecule has 118 valence electrons. The third-order valence-electron chi connectivity index (χ3n) is 4.20. The lowest BCUT2D eigenvalue weighted by molar-refractivity contribution is 0.0299. The standard InChI is InChI=1S/C15H27N5O/c1-10(2)12-18-13(11(3)14(19-12)20-16)17-9-15(4)5-7-21-8-6-15/h10H,5-9,16H2,1-4H3,(H2,17,18,19,20). The molecule has 0 unspecified atom stereocenters. The van der Waals surface area contributed by atoms with Crippen molar-refractivity contribution < 1.29 is 4.74 Å². The van der Waals surface area contributed by atoms with Gasteiger partial charge in [-0.3, -0.25) is 0 Å². The first-order valence-electron chi connectivity index (χ1n) is 7.62. The van der Waals surface area contributed by atoms with E-state index >= 15 is 0 Å². The zero-order valence-electron chi connectivity index (χ0n) is 13.5. The second kappa shape index (κ2) is 6.58. The average molecular weight is 293 g/mol. The summed E-state index contributed by atoms with van der Waals surface area (Å²) in [6.07, 6.45) is 2.15.